The Hall–Kier alpha value is -1.86. The van der Waals surface area contributed by atoms with Gasteiger partial charge in [0.25, 0.3) is 0 Å². The van der Waals surface area contributed by atoms with Crippen molar-refractivity contribution in [2.24, 2.45) is 5.92 Å². The van der Waals surface area contributed by atoms with Crippen LogP contribution < -0.4 is 4.90 Å². The number of benzene rings is 1. The summed E-state index contributed by atoms with van der Waals surface area (Å²) < 4.78 is 5.20. The molecule has 0 radical (unpaired) electrons. The molecule has 2 rings (SSSR count). The fraction of sp³-hybridized carbons (Fsp3) is 0.500. The molecule has 0 N–H and O–H groups in total. The summed E-state index contributed by atoms with van der Waals surface area (Å²) in [5, 5.41) is 9.23. The quantitative estimate of drug-likeness (QED) is 0.791. The van der Waals surface area contributed by atoms with Crippen LogP contribution in [0.25, 0.3) is 0 Å². The van der Waals surface area contributed by atoms with E-state index in [2.05, 4.69) is 11.0 Å². The van der Waals surface area contributed by atoms with Crippen molar-refractivity contribution in [3.8, 4) is 6.07 Å². The van der Waals surface area contributed by atoms with Gasteiger partial charge in [0, 0.05) is 32.4 Å². The first kappa shape index (κ1) is 14.5. The van der Waals surface area contributed by atoms with E-state index >= 15 is 0 Å². The molecule has 0 atom stereocenters. The lowest BCUT2D eigenvalue weighted by Gasteiger charge is -2.34. The van der Waals surface area contributed by atoms with Gasteiger partial charge in [0.2, 0.25) is 0 Å². The standard InChI is InChI=1S/C16H20N2O2/c1-12(19)14-3-4-15(10-17)16(9-14)18-7-5-13(6-8-18)11-20-2/h3-4,9,13H,5-8,11H2,1-2H3. The molecular formula is C16H20N2O2. The SMILES string of the molecule is COCC1CCN(c2cc(C(C)=O)ccc2C#N)CC1. The Bertz CT molecular complexity index is 526. The summed E-state index contributed by atoms with van der Waals surface area (Å²) >= 11 is 0. The highest BCUT2D eigenvalue weighted by Gasteiger charge is 2.21. The van der Waals surface area contributed by atoms with E-state index in [0.29, 0.717) is 17.0 Å². The topological polar surface area (TPSA) is 53.3 Å². The van der Waals surface area contributed by atoms with Crippen molar-refractivity contribution in [1.82, 2.24) is 0 Å². The Morgan fingerprint density at radius 1 is 1.45 bits per heavy atom. The van der Waals surface area contributed by atoms with Crippen LogP contribution >= 0.6 is 0 Å². The van der Waals surface area contributed by atoms with Crippen LogP contribution in [-0.4, -0.2) is 32.6 Å². The molecule has 0 bridgehead atoms. The highest BCUT2D eigenvalue weighted by Crippen LogP contribution is 2.27. The highest BCUT2D eigenvalue weighted by atomic mass is 16.5. The minimum Gasteiger partial charge on any atom is -0.384 e. The van der Waals surface area contributed by atoms with Crippen molar-refractivity contribution < 1.29 is 9.53 Å². The number of Topliss-reactive ketones (excluding diaryl/α,β-unsaturated/α-hetero) is 1. The Morgan fingerprint density at radius 3 is 2.70 bits per heavy atom. The largest absolute Gasteiger partial charge is 0.384 e. The van der Waals surface area contributed by atoms with E-state index in [-0.39, 0.29) is 5.78 Å². The minimum absolute atomic E-state index is 0.0324. The van der Waals surface area contributed by atoms with Crippen LogP contribution in [0.1, 0.15) is 35.7 Å². The molecule has 1 aromatic carbocycles. The number of hydrogen-bond donors (Lipinski definition) is 0. The molecule has 1 aliphatic rings. The van der Waals surface area contributed by atoms with Crippen molar-refractivity contribution in [3.63, 3.8) is 0 Å². The molecular weight excluding hydrogens is 252 g/mol. The van der Waals surface area contributed by atoms with Crippen LogP contribution in [0.4, 0.5) is 5.69 Å². The zero-order valence-electron chi connectivity index (χ0n) is 12.1. The van der Waals surface area contributed by atoms with Gasteiger partial charge in [0.15, 0.2) is 5.78 Å². The summed E-state index contributed by atoms with van der Waals surface area (Å²) in [6, 6.07) is 7.53. The molecule has 1 saturated heterocycles. The van der Waals surface area contributed by atoms with Gasteiger partial charge in [-0.2, -0.15) is 5.26 Å². The number of anilines is 1. The van der Waals surface area contributed by atoms with Crippen molar-refractivity contribution in [2.45, 2.75) is 19.8 Å². The van der Waals surface area contributed by atoms with Crippen LogP contribution in [0.2, 0.25) is 0 Å². The maximum absolute atomic E-state index is 11.5. The van der Waals surface area contributed by atoms with Crippen LogP contribution in [0.15, 0.2) is 18.2 Å². The molecule has 1 aromatic rings. The van der Waals surface area contributed by atoms with E-state index in [1.54, 1.807) is 26.2 Å². The minimum atomic E-state index is 0.0324. The number of nitrogens with zero attached hydrogens (tertiary/aromatic N) is 2. The summed E-state index contributed by atoms with van der Waals surface area (Å²) in [5.41, 5.74) is 2.19. The fourth-order valence-electron chi connectivity index (χ4n) is 2.68. The first-order valence-electron chi connectivity index (χ1n) is 6.94. The predicted molar refractivity (Wildman–Crippen MR) is 78.0 cm³/mol. The molecule has 0 aromatic heterocycles. The van der Waals surface area contributed by atoms with Gasteiger partial charge in [-0.05, 0) is 43.9 Å². The lowest BCUT2D eigenvalue weighted by molar-refractivity contribution is 0.101. The molecule has 0 spiro atoms. The molecule has 20 heavy (non-hydrogen) atoms. The summed E-state index contributed by atoms with van der Waals surface area (Å²) in [6.07, 6.45) is 2.12. The second-order valence-electron chi connectivity index (χ2n) is 5.29. The van der Waals surface area contributed by atoms with Crippen LogP contribution in [0.3, 0.4) is 0 Å². The van der Waals surface area contributed by atoms with Crippen LogP contribution in [-0.2, 0) is 4.74 Å². The summed E-state index contributed by atoms with van der Waals surface area (Å²) in [6.45, 7) is 4.16. The Balaban J connectivity index is 2.18. The smallest absolute Gasteiger partial charge is 0.159 e. The number of carbonyl (C=O) groups excluding carboxylic acids is 1. The van der Waals surface area contributed by atoms with Gasteiger partial charge >= 0.3 is 0 Å². The zero-order chi connectivity index (χ0) is 14.5. The monoisotopic (exact) mass is 272 g/mol. The van der Waals surface area contributed by atoms with Gasteiger partial charge < -0.3 is 9.64 Å². The molecule has 0 amide bonds. The maximum atomic E-state index is 11.5. The molecule has 106 valence electrons. The van der Waals surface area contributed by atoms with Crippen molar-refractivity contribution in [1.29, 1.82) is 5.26 Å². The lowest BCUT2D eigenvalue weighted by atomic mass is 9.96. The van der Waals surface area contributed by atoms with Gasteiger partial charge in [-0.1, -0.05) is 0 Å². The van der Waals surface area contributed by atoms with E-state index in [1.165, 1.54) is 0 Å². The second-order valence-corrected chi connectivity index (χ2v) is 5.29. The summed E-state index contributed by atoms with van der Waals surface area (Å²) in [7, 11) is 1.73. The average molecular weight is 272 g/mol. The second kappa shape index (κ2) is 6.53. The van der Waals surface area contributed by atoms with Crippen molar-refractivity contribution >= 4 is 11.5 Å². The van der Waals surface area contributed by atoms with E-state index in [1.807, 2.05) is 6.07 Å². The maximum Gasteiger partial charge on any atom is 0.159 e. The summed E-state index contributed by atoms with van der Waals surface area (Å²) in [5.74, 6) is 0.628. The number of rotatable bonds is 4. The Kier molecular flexibility index (Phi) is 4.75. The molecule has 4 nitrogen and oxygen atoms in total. The third-order valence-electron chi connectivity index (χ3n) is 3.88. The molecule has 1 heterocycles. The molecule has 1 aliphatic heterocycles. The zero-order valence-corrected chi connectivity index (χ0v) is 12.1. The summed E-state index contributed by atoms with van der Waals surface area (Å²) in [4.78, 5) is 13.7. The van der Waals surface area contributed by atoms with E-state index < -0.39 is 0 Å². The number of ketones is 1. The van der Waals surface area contributed by atoms with Gasteiger partial charge in [0.1, 0.15) is 6.07 Å². The third kappa shape index (κ3) is 3.17. The normalized spacial score (nSPS) is 15.9. The number of nitriles is 1. The molecule has 0 saturated carbocycles. The number of ether oxygens (including phenoxy) is 1. The highest BCUT2D eigenvalue weighted by molar-refractivity contribution is 5.95. The van der Waals surface area contributed by atoms with Crippen LogP contribution in [0, 0.1) is 17.2 Å². The molecule has 1 fully saturated rings. The number of carbonyl (C=O) groups is 1. The molecule has 4 heteroatoms. The number of hydrogen-bond acceptors (Lipinski definition) is 4. The van der Waals surface area contributed by atoms with E-state index in [9.17, 15) is 10.1 Å². The first-order valence-corrected chi connectivity index (χ1v) is 6.94. The van der Waals surface area contributed by atoms with Gasteiger partial charge in [-0.3, -0.25) is 4.79 Å². The van der Waals surface area contributed by atoms with Crippen molar-refractivity contribution in [2.75, 3.05) is 31.7 Å². The predicted octanol–water partition coefficient (Wildman–Crippen LogP) is 2.62. The average Bonchev–Trinajstić information content (AvgIpc) is 2.47. The number of piperidine rings is 1. The van der Waals surface area contributed by atoms with E-state index in [0.717, 1.165) is 38.2 Å². The van der Waals surface area contributed by atoms with E-state index in [4.69, 9.17) is 4.74 Å². The van der Waals surface area contributed by atoms with Crippen LogP contribution in [0.5, 0.6) is 0 Å². The Labute approximate surface area is 120 Å². The van der Waals surface area contributed by atoms with Gasteiger partial charge in [0.05, 0.1) is 11.3 Å². The number of methoxy groups -OCH3 is 1. The van der Waals surface area contributed by atoms with Crippen molar-refractivity contribution in [3.05, 3.63) is 29.3 Å². The van der Waals surface area contributed by atoms with Gasteiger partial charge in [-0.15, -0.1) is 0 Å². The Morgan fingerprint density at radius 2 is 2.15 bits per heavy atom. The third-order valence-corrected chi connectivity index (χ3v) is 3.88. The lowest BCUT2D eigenvalue weighted by Crippen LogP contribution is -2.35. The molecule has 0 unspecified atom stereocenters. The van der Waals surface area contributed by atoms with Gasteiger partial charge in [-0.25, -0.2) is 0 Å². The fourth-order valence-corrected chi connectivity index (χ4v) is 2.68. The first-order chi connectivity index (χ1) is 9.65. The molecule has 0 aliphatic carbocycles.